The predicted molar refractivity (Wildman–Crippen MR) is 255 cm³/mol. The monoisotopic (exact) mass is 900 g/mol. The molecular formula is C52H64N6O8. The Morgan fingerprint density at radius 2 is 0.955 bits per heavy atom. The molecule has 2 amide bonds. The van der Waals surface area contributed by atoms with Gasteiger partial charge in [-0.15, -0.1) is 0 Å². The molecule has 14 heteroatoms. The summed E-state index contributed by atoms with van der Waals surface area (Å²) in [7, 11) is 0. The van der Waals surface area contributed by atoms with Crippen molar-refractivity contribution >= 4 is 45.6 Å². The molecule has 0 radical (unpaired) electrons. The van der Waals surface area contributed by atoms with Crippen LogP contribution in [0.3, 0.4) is 0 Å². The minimum atomic E-state index is -1.52. The Morgan fingerprint density at radius 1 is 0.515 bits per heavy atom. The van der Waals surface area contributed by atoms with Gasteiger partial charge in [0.2, 0.25) is 11.8 Å². The van der Waals surface area contributed by atoms with Crippen molar-refractivity contribution in [1.82, 2.24) is 31.2 Å². The number of hydrogen-bond donors (Lipinski definition) is 8. The maximum absolute atomic E-state index is 14.1. The number of aliphatic hydroxyl groups is 2. The maximum Gasteiger partial charge on any atom is 0.329 e. The van der Waals surface area contributed by atoms with Gasteiger partial charge in [0.25, 0.3) is 0 Å². The van der Waals surface area contributed by atoms with Crippen molar-refractivity contribution in [3.05, 3.63) is 144 Å². The van der Waals surface area contributed by atoms with Crippen LogP contribution < -0.4 is 21.3 Å². The molecule has 8 N–H and O–H groups in total. The fourth-order valence-corrected chi connectivity index (χ4v) is 8.12. The Morgan fingerprint density at radius 3 is 1.44 bits per heavy atom. The Kier molecular flexibility index (Phi) is 17.3. The number of esters is 2. The van der Waals surface area contributed by atoms with E-state index >= 15 is 0 Å². The van der Waals surface area contributed by atoms with Crippen molar-refractivity contribution < 1.29 is 38.9 Å². The van der Waals surface area contributed by atoms with Crippen LogP contribution in [0.2, 0.25) is 0 Å². The molecule has 0 aliphatic heterocycles. The van der Waals surface area contributed by atoms with Gasteiger partial charge in [-0.1, -0.05) is 125 Å². The molecule has 6 rings (SSSR count). The average Bonchev–Trinajstić information content (AvgIpc) is 3.93. The molecule has 350 valence electrons. The van der Waals surface area contributed by atoms with E-state index < -0.39 is 72.2 Å². The summed E-state index contributed by atoms with van der Waals surface area (Å²) in [5.74, 6) is -2.80. The van der Waals surface area contributed by atoms with Crippen LogP contribution in [0.5, 0.6) is 0 Å². The van der Waals surface area contributed by atoms with Gasteiger partial charge in [0.15, 0.2) is 0 Å². The summed E-state index contributed by atoms with van der Waals surface area (Å²) in [5.41, 5.74) is 5.05. The lowest BCUT2D eigenvalue weighted by Gasteiger charge is -2.36. The third-order valence-electron chi connectivity index (χ3n) is 12.0. The van der Waals surface area contributed by atoms with Crippen molar-refractivity contribution in [1.29, 1.82) is 0 Å². The summed E-state index contributed by atoms with van der Waals surface area (Å²) >= 11 is 0. The van der Waals surface area contributed by atoms with Crippen LogP contribution in [0.1, 0.15) is 63.8 Å². The molecule has 66 heavy (non-hydrogen) atoms. The predicted octanol–water partition coefficient (Wildman–Crippen LogP) is 5.62. The third-order valence-corrected chi connectivity index (χ3v) is 12.0. The second kappa shape index (κ2) is 23.2. The first-order valence-corrected chi connectivity index (χ1v) is 22.7. The van der Waals surface area contributed by atoms with E-state index in [-0.39, 0.29) is 37.9 Å². The van der Waals surface area contributed by atoms with Gasteiger partial charge in [0, 0.05) is 46.3 Å². The number of hydrogen-bond acceptors (Lipinski definition) is 10. The lowest BCUT2D eigenvalue weighted by molar-refractivity contribution is -0.150. The number of carbonyl (C=O) groups is 4. The highest BCUT2D eigenvalue weighted by Gasteiger charge is 2.38. The Hall–Kier alpha value is -6.32. The molecule has 2 heterocycles. The number of aromatic nitrogens is 2. The summed E-state index contributed by atoms with van der Waals surface area (Å²) in [5, 5.41) is 39.1. The summed E-state index contributed by atoms with van der Waals surface area (Å²) < 4.78 is 11.1. The summed E-state index contributed by atoms with van der Waals surface area (Å²) in [6.45, 7) is 10.6. The van der Waals surface area contributed by atoms with E-state index in [0.29, 0.717) is 0 Å². The first-order valence-electron chi connectivity index (χ1n) is 22.7. The van der Waals surface area contributed by atoms with Gasteiger partial charge in [-0.05, 0) is 72.9 Å². The van der Waals surface area contributed by atoms with Crippen LogP contribution >= 0.6 is 0 Å². The lowest BCUT2D eigenvalue weighted by atomic mass is 9.89. The molecule has 14 nitrogen and oxygen atoms in total. The molecule has 8 atom stereocenters. The van der Waals surface area contributed by atoms with Crippen LogP contribution in [-0.4, -0.2) is 92.4 Å². The van der Waals surface area contributed by atoms with E-state index in [0.717, 1.165) is 44.1 Å². The van der Waals surface area contributed by atoms with E-state index in [1.165, 1.54) is 0 Å². The van der Waals surface area contributed by atoms with Crippen LogP contribution in [0.4, 0.5) is 0 Å². The number of nitrogens with one attached hydrogen (secondary N) is 6. The van der Waals surface area contributed by atoms with Crippen molar-refractivity contribution in [3.8, 4) is 0 Å². The van der Waals surface area contributed by atoms with E-state index in [1.807, 2.05) is 149 Å². The normalized spacial score (nSPS) is 15.4. The van der Waals surface area contributed by atoms with E-state index in [4.69, 9.17) is 9.47 Å². The van der Waals surface area contributed by atoms with Crippen molar-refractivity contribution in [2.45, 2.75) is 116 Å². The number of fused-ring (bicyclic) bond motifs is 2. The van der Waals surface area contributed by atoms with E-state index in [9.17, 15) is 29.4 Å². The quantitative estimate of drug-likeness (QED) is 0.0373. The molecule has 0 fully saturated rings. The zero-order chi connectivity index (χ0) is 47.3. The van der Waals surface area contributed by atoms with Gasteiger partial charge in [-0.2, -0.15) is 0 Å². The van der Waals surface area contributed by atoms with Gasteiger partial charge >= 0.3 is 11.9 Å². The van der Waals surface area contributed by atoms with Gasteiger partial charge in [0.05, 0.1) is 24.3 Å². The highest BCUT2D eigenvalue weighted by Crippen LogP contribution is 2.25. The van der Waals surface area contributed by atoms with Crippen LogP contribution in [0, 0.1) is 11.8 Å². The van der Waals surface area contributed by atoms with Crippen LogP contribution in [0.15, 0.2) is 122 Å². The van der Waals surface area contributed by atoms with Crippen molar-refractivity contribution in [2.24, 2.45) is 11.8 Å². The van der Waals surface area contributed by atoms with Crippen LogP contribution in [0.25, 0.3) is 21.8 Å². The number of aromatic amines is 2. The average molecular weight is 901 g/mol. The lowest BCUT2D eigenvalue weighted by Crippen LogP contribution is -2.62. The second-order valence-electron chi connectivity index (χ2n) is 17.7. The van der Waals surface area contributed by atoms with E-state index in [2.05, 4.69) is 31.2 Å². The summed E-state index contributed by atoms with van der Waals surface area (Å²) in [6, 6.07) is 28.3. The standard InChI is InChI=1S/C52H64N6O8/c1-31(2)45(50(62)56-34(6)51(63)65-29-35-17-9-7-10-18-35)57-44(26-38-28-54-42-24-16-14-22-40(38)42)48(60)47(59)43(25-37-27-53-41-23-15-13-21-39(37)41)55-33(5)49(61)58-46(32(3)4)52(64)66-30-36-19-11-8-12-20-36/h7-24,27-28,31-34,43-48,53-55,57,59-60H,25-26,29-30H2,1-6H3,(H,56,62)(H,58,61)/t33-,34-,43-,44-,45-,46-,47+,48+/m0/s1. The number of aliphatic hydroxyl groups excluding tert-OH is 2. The molecule has 4 aromatic carbocycles. The highest BCUT2D eigenvalue weighted by atomic mass is 16.5. The number of H-pyrrole nitrogens is 2. The van der Waals surface area contributed by atoms with Gasteiger partial charge < -0.3 is 45.6 Å². The fourth-order valence-electron chi connectivity index (χ4n) is 8.12. The first-order chi connectivity index (χ1) is 31.7. The van der Waals surface area contributed by atoms with Gasteiger partial charge in [-0.3, -0.25) is 14.9 Å². The van der Waals surface area contributed by atoms with Crippen molar-refractivity contribution in [3.63, 3.8) is 0 Å². The molecule has 2 aromatic heterocycles. The Balaban J connectivity index is 1.24. The summed E-state index contributed by atoms with van der Waals surface area (Å²) in [6.07, 6.45) is 1.02. The minimum absolute atomic E-state index is 0.0517. The summed E-state index contributed by atoms with van der Waals surface area (Å²) in [4.78, 5) is 61.0. The number of rotatable bonds is 23. The molecule has 0 spiro atoms. The number of benzene rings is 4. The molecule has 0 saturated heterocycles. The topological polar surface area (TPSA) is 207 Å². The molecule has 0 unspecified atom stereocenters. The maximum atomic E-state index is 14.1. The molecule has 6 aromatic rings. The SMILES string of the molecule is CC(C)[C@H](N[C@@H](Cc1c[nH]c2ccccc12)[C@@H](O)[C@H](O)[C@H](Cc1c[nH]c2ccccc12)N[C@@H](C)C(=O)N[C@H](C(=O)OCc1ccccc1)C(C)C)C(=O)N[C@@H](C)C(=O)OCc1ccccc1. The van der Waals surface area contributed by atoms with E-state index in [1.54, 1.807) is 13.8 Å². The van der Waals surface area contributed by atoms with Crippen molar-refractivity contribution in [2.75, 3.05) is 0 Å². The Bertz CT molecular complexity index is 2510. The first kappa shape index (κ1) is 49.1. The van der Waals surface area contributed by atoms with Gasteiger partial charge in [0.1, 0.15) is 25.3 Å². The van der Waals surface area contributed by atoms with Gasteiger partial charge in [-0.25, -0.2) is 9.59 Å². The smallest absolute Gasteiger partial charge is 0.329 e. The number of amides is 2. The Labute approximate surface area is 386 Å². The zero-order valence-electron chi connectivity index (χ0n) is 38.5. The van der Waals surface area contributed by atoms with Crippen LogP contribution in [-0.2, 0) is 54.7 Å². The second-order valence-corrected chi connectivity index (χ2v) is 17.7. The third kappa shape index (κ3) is 12.9. The minimum Gasteiger partial charge on any atom is -0.459 e. The highest BCUT2D eigenvalue weighted by molar-refractivity contribution is 5.89. The molecule has 0 aliphatic carbocycles. The largest absolute Gasteiger partial charge is 0.459 e. The number of carbonyl (C=O) groups excluding carboxylic acids is 4. The fraction of sp³-hybridized carbons (Fsp3) is 0.385. The molecular weight excluding hydrogens is 837 g/mol. The number of para-hydroxylation sites is 2. The molecule has 0 saturated carbocycles. The molecule has 0 bridgehead atoms. The zero-order valence-corrected chi connectivity index (χ0v) is 38.5. The number of ether oxygens (including phenoxy) is 2. The molecule has 0 aliphatic rings.